The molecule has 3 nitrogen and oxygen atoms in total. The first-order chi connectivity index (χ1) is 9.78. The molecule has 1 aromatic carbocycles. The molecule has 1 unspecified atom stereocenters. The Morgan fingerprint density at radius 1 is 1.30 bits per heavy atom. The normalized spacial score (nSPS) is 15.8. The Bertz CT molecular complexity index is 434. The van der Waals surface area contributed by atoms with E-state index in [1.807, 2.05) is 36.0 Å². The third kappa shape index (κ3) is 5.29. The van der Waals surface area contributed by atoms with E-state index in [2.05, 4.69) is 18.8 Å². The monoisotopic (exact) mass is 311 g/mol. The van der Waals surface area contributed by atoms with Crippen molar-refractivity contribution < 1.29 is 9.47 Å². The zero-order valence-corrected chi connectivity index (χ0v) is 13.6. The first-order valence-corrected chi connectivity index (χ1v) is 8.94. The summed E-state index contributed by atoms with van der Waals surface area (Å²) in [7, 11) is 0. The lowest BCUT2D eigenvalue weighted by Gasteiger charge is -2.13. The maximum atomic E-state index is 5.73. The third-order valence-electron chi connectivity index (χ3n) is 2.87. The summed E-state index contributed by atoms with van der Waals surface area (Å²) in [5, 5.41) is 0. The molecular weight excluding hydrogens is 290 g/mol. The van der Waals surface area contributed by atoms with Gasteiger partial charge in [-0.05, 0) is 37.6 Å². The highest BCUT2D eigenvalue weighted by Crippen LogP contribution is 2.23. The van der Waals surface area contributed by atoms with Gasteiger partial charge in [0.05, 0.1) is 19.3 Å². The molecule has 0 bridgehead atoms. The van der Waals surface area contributed by atoms with Gasteiger partial charge in [-0.15, -0.1) is 0 Å². The molecule has 1 aliphatic heterocycles. The summed E-state index contributed by atoms with van der Waals surface area (Å²) in [6, 6.07) is 7.85. The summed E-state index contributed by atoms with van der Waals surface area (Å²) in [6.45, 7) is 5.86. The van der Waals surface area contributed by atoms with Gasteiger partial charge in [-0.2, -0.15) is 0 Å². The van der Waals surface area contributed by atoms with E-state index < -0.39 is 0 Å². The second kappa shape index (κ2) is 8.47. The summed E-state index contributed by atoms with van der Waals surface area (Å²) < 4.78 is 12.6. The van der Waals surface area contributed by atoms with Crippen LogP contribution in [0, 0.1) is 0 Å². The van der Waals surface area contributed by atoms with Crippen molar-refractivity contribution in [3.05, 3.63) is 24.3 Å². The summed E-state index contributed by atoms with van der Waals surface area (Å²) in [5.41, 5.74) is 0. The van der Waals surface area contributed by atoms with E-state index in [1.54, 1.807) is 11.8 Å². The highest BCUT2D eigenvalue weighted by atomic mass is 32.2. The first-order valence-electron chi connectivity index (χ1n) is 6.97. The molecule has 0 aromatic heterocycles. The van der Waals surface area contributed by atoms with Crippen molar-refractivity contribution >= 4 is 27.9 Å². The van der Waals surface area contributed by atoms with E-state index in [9.17, 15) is 0 Å². The minimum atomic E-state index is 0.253. The zero-order chi connectivity index (χ0) is 14.2. The lowest BCUT2D eigenvalue weighted by molar-refractivity contribution is 0.217. The molecule has 0 aliphatic carbocycles. The van der Waals surface area contributed by atoms with E-state index in [-0.39, 0.29) is 6.10 Å². The smallest absolute Gasteiger partial charge is 0.124 e. The molecule has 1 aliphatic rings. The van der Waals surface area contributed by atoms with Gasteiger partial charge < -0.3 is 9.47 Å². The molecule has 2 rings (SSSR count). The van der Waals surface area contributed by atoms with Crippen LogP contribution < -0.4 is 9.47 Å². The molecule has 1 aromatic rings. The molecule has 1 atom stereocenters. The molecule has 0 saturated carbocycles. The molecule has 0 radical (unpaired) electrons. The number of thioether (sulfide) groups is 2. The largest absolute Gasteiger partial charge is 0.493 e. The number of ether oxygens (including phenoxy) is 2. The van der Waals surface area contributed by atoms with Crippen molar-refractivity contribution in [2.45, 2.75) is 26.4 Å². The maximum Gasteiger partial charge on any atom is 0.124 e. The Labute approximate surface area is 129 Å². The molecule has 5 heteroatoms. The van der Waals surface area contributed by atoms with E-state index in [4.69, 9.17) is 9.47 Å². The fourth-order valence-corrected chi connectivity index (χ4v) is 3.52. The zero-order valence-electron chi connectivity index (χ0n) is 12.0. The number of rotatable bonds is 7. The number of benzene rings is 1. The van der Waals surface area contributed by atoms with Gasteiger partial charge >= 0.3 is 0 Å². The highest BCUT2D eigenvalue weighted by Gasteiger charge is 2.07. The summed E-state index contributed by atoms with van der Waals surface area (Å²) in [5.74, 6) is 3.86. The van der Waals surface area contributed by atoms with Crippen LogP contribution in [0.4, 0.5) is 0 Å². The van der Waals surface area contributed by atoms with Gasteiger partial charge in [0.25, 0.3) is 0 Å². The van der Waals surface area contributed by atoms with Crippen molar-refractivity contribution in [3.63, 3.8) is 0 Å². The van der Waals surface area contributed by atoms with Crippen LogP contribution in [0.3, 0.4) is 0 Å². The third-order valence-corrected chi connectivity index (χ3v) is 5.09. The fourth-order valence-electron chi connectivity index (χ4n) is 1.62. The quantitative estimate of drug-likeness (QED) is 0.710. The van der Waals surface area contributed by atoms with Crippen molar-refractivity contribution in [2.75, 3.05) is 24.7 Å². The molecule has 0 spiro atoms. The van der Waals surface area contributed by atoms with E-state index in [0.717, 1.165) is 36.0 Å². The molecule has 0 fully saturated rings. The molecule has 110 valence electrons. The van der Waals surface area contributed by atoms with Crippen molar-refractivity contribution in [2.24, 2.45) is 4.99 Å². The summed E-state index contributed by atoms with van der Waals surface area (Å²) >= 11 is 3.62. The standard InChI is InChI=1S/C15H21NO2S2/c1-3-12(2)18-14-6-4-13(5-7-14)17-9-11-20-15-16-8-10-19-15/h4-7,12H,3,8-11H2,1-2H3. The van der Waals surface area contributed by atoms with Crippen LogP contribution in [-0.2, 0) is 0 Å². The van der Waals surface area contributed by atoms with Crippen LogP contribution >= 0.6 is 23.5 Å². The van der Waals surface area contributed by atoms with Crippen LogP contribution in [0.5, 0.6) is 11.5 Å². The Morgan fingerprint density at radius 3 is 2.70 bits per heavy atom. The Balaban J connectivity index is 1.68. The molecule has 0 saturated heterocycles. The predicted octanol–water partition coefficient (Wildman–Crippen LogP) is 4.08. The van der Waals surface area contributed by atoms with E-state index >= 15 is 0 Å². The molecule has 0 amide bonds. The minimum Gasteiger partial charge on any atom is -0.493 e. The SMILES string of the molecule is CCC(C)Oc1ccc(OCCSC2=NCCS2)cc1. The Hall–Kier alpha value is -0.810. The summed E-state index contributed by atoms with van der Waals surface area (Å²) in [6.07, 6.45) is 1.26. The summed E-state index contributed by atoms with van der Waals surface area (Å²) in [4.78, 5) is 4.40. The predicted molar refractivity (Wildman–Crippen MR) is 89.5 cm³/mol. The average molecular weight is 311 g/mol. The van der Waals surface area contributed by atoms with Gasteiger partial charge in [0, 0.05) is 11.5 Å². The van der Waals surface area contributed by atoms with Crippen LogP contribution in [0.2, 0.25) is 0 Å². The van der Waals surface area contributed by atoms with Gasteiger partial charge in [0.1, 0.15) is 15.9 Å². The van der Waals surface area contributed by atoms with Crippen molar-refractivity contribution in [1.29, 1.82) is 0 Å². The van der Waals surface area contributed by atoms with Crippen LogP contribution in [0.1, 0.15) is 20.3 Å². The van der Waals surface area contributed by atoms with Gasteiger partial charge in [-0.25, -0.2) is 0 Å². The van der Waals surface area contributed by atoms with Crippen LogP contribution in [0.15, 0.2) is 29.3 Å². The molecule has 1 heterocycles. The van der Waals surface area contributed by atoms with Gasteiger partial charge in [-0.1, -0.05) is 30.4 Å². The van der Waals surface area contributed by atoms with Gasteiger partial charge in [-0.3, -0.25) is 4.99 Å². The van der Waals surface area contributed by atoms with Gasteiger partial charge in [0.15, 0.2) is 0 Å². The molecule has 20 heavy (non-hydrogen) atoms. The Kier molecular flexibility index (Phi) is 6.60. The van der Waals surface area contributed by atoms with E-state index in [0.29, 0.717) is 6.61 Å². The second-order valence-electron chi connectivity index (χ2n) is 4.50. The van der Waals surface area contributed by atoms with Gasteiger partial charge in [0.2, 0.25) is 0 Å². The fraction of sp³-hybridized carbons (Fsp3) is 0.533. The van der Waals surface area contributed by atoms with E-state index in [1.165, 1.54) is 4.38 Å². The van der Waals surface area contributed by atoms with Crippen LogP contribution in [0.25, 0.3) is 0 Å². The minimum absolute atomic E-state index is 0.253. The average Bonchev–Trinajstić information content (AvgIpc) is 2.98. The lowest BCUT2D eigenvalue weighted by atomic mass is 10.3. The topological polar surface area (TPSA) is 30.8 Å². The maximum absolute atomic E-state index is 5.73. The lowest BCUT2D eigenvalue weighted by Crippen LogP contribution is -2.09. The number of aliphatic imine (C=N–C) groups is 1. The van der Waals surface area contributed by atoms with Crippen molar-refractivity contribution in [3.8, 4) is 11.5 Å². The highest BCUT2D eigenvalue weighted by molar-refractivity contribution is 8.39. The van der Waals surface area contributed by atoms with Crippen molar-refractivity contribution in [1.82, 2.24) is 0 Å². The number of nitrogens with zero attached hydrogens (tertiary/aromatic N) is 1. The number of hydrogen-bond donors (Lipinski definition) is 0. The number of hydrogen-bond acceptors (Lipinski definition) is 5. The molecular formula is C15H21NO2S2. The first kappa shape index (κ1) is 15.6. The van der Waals surface area contributed by atoms with Crippen LogP contribution in [-0.4, -0.2) is 35.1 Å². The second-order valence-corrected chi connectivity index (χ2v) is 6.93. The Morgan fingerprint density at radius 2 is 2.05 bits per heavy atom. The molecule has 0 N–H and O–H groups in total.